The van der Waals surface area contributed by atoms with E-state index in [1.807, 2.05) is 0 Å². The second-order valence-electron chi connectivity index (χ2n) is 8.00. The lowest BCUT2D eigenvalue weighted by Gasteiger charge is -2.47. The molecule has 0 aromatic rings. The fourth-order valence-corrected chi connectivity index (χ4v) is 5.53. The van der Waals surface area contributed by atoms with Gasteiger partial charge in [0, 0.05) is 12.6 Å². The second-order valence-corrected chi connectivity index (χ2v) is 8.00. The molecule has 2 heteroatoms. The standard InChI is InChI=1S/C19H35NO/c1-3-20-18(17-9-7-8-15(17)2)16-10-13-21-19(14-16)11-5-4-6-12-19/h15-18,20H,3-14H2,1-2H3. The van der Waals surface area contributed by atoms with Crippen LogP contribution < -0.4 is 5.32 Å². The van der Waals surface area contributed by atoms with Gasteiger partial charge in [0.1, 0.15) is 0 Å². The van der Waals surface area contributed by atoms with Crippen LogP contribution >= 0.6 is 0 Å². The van der Waals surface area contributed by atoms with E-state index in [2.05, 4.69) is 19.2 Å². The van der Waals surface area contributed by atoms with Crippen molar-refractivity contribution in [2.45, 2.75) is 89.7 Å². The number of nitrogens with one attached hydrogen (secondary N) is 1. The summed E-state index contributed by atoms with van der Waals surface area (Å²) in [5.74, 6) is 2.68. The van der Waals surface area contributed by atoms with Crippen LogP contribution in [0.25, 0.3) is 0 Å². The zero-order valence-electron chi connectivity index (χ0n) is 14.2. The average molecular weight is 293 g/mol. The fraction of sp³-hybridized carbons (Fsp3) is 1.00. The number of hydrogen-bond acceptors (Lipinski definition) is 2. The molecular weight excluding hydrogens is 258 g/mol. The SMILES string of the molecule is CCNC(C1CCOC2(CCCCC2)C1)C1CCCC1C. The van der Waals surface area contributed by atoms with E-state index in [9.17, 15) is 0 Å². The van der Waals surface area contributed by atoms with Crippen LogP contribution in [-0.4, -0.2) is 24.8 Å². The zero-order chi connectivity index (χ0) is 14.7. The highest BCUT2D eigenvalue weighted by Gasteiger charge is 2.43. The third-order valence-electron chi connectivity index (χ3n) is 6.63. The van der Waals surface area contributed by atoms with E-state index in [0.29, 0.717) is 0 Å². The Labute approximate surface area is 131 Å². The smallest absolute Gasteiger partial charge is 0.0685 e. The van der Waals surface area contributed by atoms with E-state index in [1.165, 1.54) is 64.2 Å². The first kappa shape index (κ1) is 15.8. The molecule has 0 aromatic heterocycles. The van der Waals surface area contributed by atoms with Gasteiger partial charge in [-0.15, -0.1) is 0 Å². The molecule has 1 spiro atoms. The molecule has 0 aromatic carbocycles. The third-order valence-corrected chi connectivity index (χ3v) is 6.63. The zero-order valence-corrected chi connectivity index (χ0v) is 14.2. The maximum absolute atomic E-state index is 6.33. The minimum absolute atomic E-state index is 0.261. The molecule has 0 radical (unpaired) electrons. The van der Waals surface area contributed by atoms with E-state index < -0.39 is 0 Å². The van der Waals surface area contributed by atoms with Crippen LogP contribution in [0.5, 0.6) is 0 Å². The predicted molar refractivity (Wildman–Crippen MR) is 88.5 cm³/mol. The molecule has 1 N–H and O–H groups in total. The molecule has 1 saturated heterocycles. The molecule has 1 aliphatic heterocycles. The third kappa shape index (κ3) is 3.47. The van der Waals surface area contributed by atoms with Gasteiger partial charge >= 0.3 is 0 Å². The summed E-state index contributed by atoms with van der Waals surface area (Å²) in [4.78, 5) is 0. The molecule has 122 valence electrons. The topological polar surface area (TPSA) is 21.3 Å². The Bertz CT molecular complexity index is 318. The predicted octanol–water partition coefficient (Wildman–Crippen LogP) is 4.53. The van der Waals surface area contributed by atoms with Crippen molar-refractivity contribution in [1.82, 2.24) is 5.32 Å². The second kappa shape index (κ2) is 7.00. The molecular formula is C19H35NO. The van der Waals surface area contributed by atoms with Crippen LogP contribution in [0.2, 0.25) is 0 Å². The maximum Gasteiger partial charge on any atom is 0.0685 e. The highest BCUT2D eigenvalue weighted by atomic mass is 16.5. The number of rotatable bonds is 4. The Kier molecular flexibility index (Phi) is 5.27. The van der Waals surface area contributed by atoms with Gasteiger partial charge in [0.2, 0.25) is 0 Å². The molecule has 2 saturated carbocycles. The maximum atomic E-state index is 6.33. The summed E-state index contributed by atoms with van der Waals surface area (Å²) in [6, 6.07) is 0.746. The summed E-state index contributed by atoms with van der Waals surface area (Å²) < 4.78 is 6.33. The van der Waals surface area contributed by atoms with Gasteiger partial charge in [-0.2, -0.15) is 0 Å². The Morgan fingerprint density at radius 3 is 2.57 bits per heavy atom. The van der Waals surface area contributed by atoms with Crippen LogP contribution in [0.3, 0.4) is 0 Å². The average Bonchev–Trinajstić information content (AvgIpc) is 2.91. The van der Waals surface area contributed by atoms with Crippen LogP contribution in [0.4, 0.5) is 0 Å². The largest absolute Gasteiger partial charge is 0.375 e. The molecule has 3 aliphatic rings. The normalized spacial score (nSPS) is 37.7. The Morgan fingerprint density at radius 2 is 1.90 bits per heavy atom. The molecule has 4 unspecified atom stereocenters. The summed E-state index contributed by atoms with van der Waals surface area (Å²) in [7, 11) is 0. The molecule has 1 heterocycles. The van der Waals surface area contributed by atoms with E-state index in [4.69, 9.17) is 4.74 Å². The van der Waals surface area contributed by atoms with Crippen molar-refractivity contribution in [2.75, 3.05) is 13.2 Å². The van der Waals surface area contributed by atoms with Crippen LogP contribution in [0.15, 0.2) is 0 Å². The minimum Gasteiger partial charge on any atom is -0.375 e. The van der Waals surface area contributed by atoms with Crippen molar-refractivity contribution < 1.29 is 4.74 Å². The molecule has 3 rings (SSSR count). The Balaban J connectivity index is 1.69. The molecule has 0 amide bonds. The van der Waals surface area contributed by atoms with Crippen LogP contribution in [0.1, 0.15) is 78.1 Å². The number of ether oxygens (including phenoxy) is 1. The van der Waals surface area contributed by atoms with Gasteiger partial charge in [-0.05, 0) is 56.4 Å². The Hall–Kier alpha value is -0.0800. The van der Waals surface area contributed by atoms with E-state index >= 15 is 0 Å². The lowest BCUT2D eigenvalue weighted by molar-refractivity contribution is -0.124. The van der Waals surface area contributed by atoms with Crippen molar-refractivity contribution in [1.29, 1.82) is 0 Å². The quantitative estimate of drug-likeness (QED) is 0.822. The molecule has 0 bridgehead atoms. The molecule has 3 fully saturated rings. The molecule has 2 aliphatic carbocycles. The molecule has 21 heavy (non-hydrogen) atoms. The van der Waals surface area contributed by atoms with E-state index in [-0.39, 0.29) is 5.60 Å². The summed E-state index contributed by atoms with van der Waals surface area (Å²) in [5.41, 5.74) is 0.261. The Morgan fingerprint density at radius 1 is 1.10 bits per heavy atom. The lowest BCUT2D eigenvalue weighted by atomic mass is 9.71. The molecule has 4 atom stereocenters. The van der Waals surface area contributed by atoms with E-state index in [0.717, 1.165) is 36.9 Å². The van der Waals surface area contributed by atoms with Crippen LogP contribution in [-0.2, 0) is 4.74 Å². The monoisotopic (exact) mass is 293 g/mol. The fourth-order valence-electron chi connectivity index (χ4n) is 5.53. The summed E-state index contributed by atoms with van der Waals surface area (Å²) >= 11 is 0. The van der Waals surface area contributed by atoms with Crippen molar-refractivity contribution in [3.63, 3.8) is 0 Å². The van der Waals surface area contributed by atoms with Gasteiger partial charge in [0.05, 0.1) is 5.60 Å². The van der Waals surface area contributed by atoms with Gasteiger partial charge in [0.25, 0.3) is 0 Å². The van der Waals surface area contributed by atoms with Crippen molar-refractivity contribution >= 4 is 0 Å². The first-order valence-corrected chi connectivity index (χ1v) is 9.61. The number of hydrogen-bond donors (Lipinski definition) is 1. The molecule has 2 nitrogen and oxygen atoms in total. The summed E-state index contributed by atoms with van der Waals surface area (Å²) in [6.45, 7) is 6.89. The first-order valence-electron chi connectivity index (χ1n) is 9.61. The van der Waals surface area contributed by atoms with E-state index in [1.54, 1.807) is 0 Å². The van der Waals surface area contributed by atoms with Gasteiger partial charge in [-0.3, -0.25) is 0 Å². The van der Waals surface area contributed by atoms with Gasteiger partial charge in [0.15, 0.2) is 0 Å². The van der Waals surface area contributed by atoms with Crippen LogP contribution in [0, 0.1) is 17.8 Å². The summed E-state index contributed by atoms with van der Waals surface area (Å²) in [5, 5.41) is 3.89. The first-order chi connectivity index (χ1) is 10.2. The highest BCUT2D eigenvalue weighted by Crippen LogP contribution is 2.45. The van der Waals surface area contributed by atoms with Crippen molar-refractivity contribution in [3.8, 4) is 0 Å². The van der Waals surface area contributed by atoms with Gasteiger partial charge in [-0.1, -0.05) is 46.0 Å². The van der Waals surface area contributed by atoms with Gasteiger partial charge < -0.3 is 10.1 Å². The van der Waals surface area contributed by atoms with Crippen molar-refractivity contribution in [2.24, 2.45) is 17.8 Å². The lowest BCUT2D eigenvalue weighted by Crippen LogP contribution is -2.50. The van der Waals surface area contributed by atoms with Gasteiger partial charge in [-0.25, -0.2) is 0 Å². The van der Waals surface area contributed by atoms with Crippen molar-refractivity contribution in [3.05, 3.63) is 0 Å². The summed E-state index contributed by atoms with van der Waals surface area (Å²) in [6.07, 6.45) is 13.8. The minimum atomic E-state index is 0.261. The highest BCUT2D eigenvalue weighted by molar-refractivity contribution is 4.96.